The summed E-state index contributed by atoms with van der Waals surface area (Å²) in [6.45, 7) is 2.20. The molecule has 1 aromatic carbocycles. The molecule has 2 atom stereocenters. The third-order valence-electron chi connectivity index (χ3n) is 3.97. The number of hydrazone groups is 1. The number of alkyl halides is 3. The van der Waals surface area contributed by atoms with E-state index < -0.39 is 23.9 Å². The molecule has 136 valence electrons. The van der Waals surface area contributed by atoms with E-state index in [0.29, 0.717) is 6.61 Å². The lowest BCUT2D eigenvalue weighted by Gasteiger charge is -2.22. The molecular weight excluding hydrogens is 341 g/mol. The molecule has 2 heterocycles. The minimum atomic E-state index is -4.59. The molecule has 1 aromatic rings. The number of hydrogen-bond donors (Lipinski definition) is 1. The number of carbonyl (C=O) groups excluding carboxylic acids is 1. The van der Waals surface area contributed by atoms with Gasteiger partial charge >= 0.3 is 12.3 Å². The van der Waals surface area contributed by atoms with Crippen molar-refractivity contribution in [3.8, 4) is 5.75 Å². The second-order valence-electron chi connectivity index (χ2n) is 5.81. The molecule has 1 saturated heterocycles. The first kappa shape index (κ1) is 17.5. The van der Waals surface area contributed by atoms with Crippen molar-refractivity contribution in [3.63, 3.8) is 0 Å². The fraction of sp³-hybridized carbons (Fsp3) is 0.500. The summed E-state index contributed by atoms with van der Waals surface area (Å²) in [5.74, 6) is -0.263. The van der Waals surface area contributed by atoms with Crippen molar-refractivity contribution >= 4 is 11.8 Å². The molecule has 0 unspecified atom stereocenters. The molecule has 9 heteroatoms. The van der Waals surface area contributed by atoms with Crippen LogP contribution in [-0.4, -0.2) is 37.2 Å². The van der Waals surface area contributed by atoms with Gasteiger partial charge in [-0.05, 0) is 38.0 Å². The van der Waals surface area contributed by atoms with Gasteiger partial charge in [-0.3, -0.25) is 0 Å². The first-order valence-corrected chi connectivity index (χ1v) is 7.85. The van der Waals surface area contributed by atoms with Gasteiger partial charge in [-0.1, -0.05) is 0 Å². The van der Waals surface area contributed by atoms with E-state index in [1.807, 2.05) is 0 Å². The monoisotopic (exact) mass is 358 g/mol. The molecule has 0 saturated carbocycles. The van der Waals surface area contributed by atoms with Crippen molar-refractivity contribution in [3.05, 3.63) is 29.3 Å². The average molecular weight is 358 g/mol. The largest absolute Gasteiger partial charge is 0.490 e. The number of nitrogens with one attached hydrogen (secondary N) is 1. The number of hydrogen-bond acceptors (Lipinski definition) is 5. The standard InChI is InChI=1S/C16H17F3N2O4/c1-9-14(20-21-15(22)25-9)10-4-5-13(12(7-10)16(17,18)19)24-8-11-3-2-6-23-11/h4-5,7,9,11H,2-3,6,8H2,1H3,(H,21,22)/t9-,11+/m0/s1. The summed E-state index contributed by atoms with van der Waals surface area (Å²) in [7, 11) is 0. The van der Waals surface area contributed by atoms with Gasteiger partial charge in [-0.25, -0.2) is 10.2 Å². The summed E-state index contributed by atoms with van der Waals surface area (Å²) in [6.07, 6.45) is -4.64. The lowest BCUT2D eigenvalue weighted by atomic mass is 10.0. The van der Waals surface area contributed by atoms with Crippen molar-refractivity contribution in [2.75, 3.05) is 13.2 Å². The van der Waals surface area contributed by atoms with Crippen LogP contribution in [0.3, 0.4) is 0 Å². The Hall–Kier alpha value is -2.29. The smallest absolute Gasteiger partial charge is 0.428 e. The number of ether oxygens (including phenoxy) is 3. The molecule has 1 fully saturated rings. The zero-order chi connectivity index (χ0) is 18.0. The van der Waals surface area contributed by atoms with Gasteiger partial charge in [0.15, 0.2) is 0 Å². The normalized spacial score (nSPS) is 23.7. The lowest BCUT2D eigenvalue weighted by molar-refractivity contribution is -0.139. The topological polar surface area (TPSA) is 69.2 Å². The Bertz CT molecular complexity index is 684. The van der Waals surface area contributed by atoms with Crippen LogP contribution in [0.1, 0.15) is 30.9 Å². The van der Waals surface area contributed by atoms with Crippen LogP contribution in [0.5, 0.6) is 5.75 Å². The number of benzene rings is 1. The molecule has 0 radical (unpaired) electrons. The van der Waals surface area contributed by atoms with E-state index in [1.165, 1.54) is 19.1 Å². The fourth-order valence-corrected chi connectivity index (χ4v) is 2.73. The maximum Gasteiger partial charge on any atom is 0.428 e. The molecule has 2 aliphatic rings. The highest BCUT2D eigenvalue weighted by Crippen LogP contribution is 2.37. The molecule has 0 aromatic heterocycles. The maximum atomic E-state index is 13.4. The Morgan fingerprint density at radius 1 is 1.40 bits per heavy atom. The third-order valence-corrected chi connectivity index (χ3v) is 3.97. The summed E-state index contributed by atoms with van der Waals surface area (Å²) >= 11 is 0. The van der Waals surface area contributed by atoms with Crippen LogP contribution in [0.25, 0.3) is 0 Å². The minimum absolute atomic E-state index is 0.0684. The number of amides is 1. The van der Waals surface area contributed by atoms with Gasteiger partial charge in [-0.15, -0.1) is 0 Å². The highest BCUT2D eigenvalue weighted by atomic mass is 19.4. The summed E-state index contributed by atoms with van der Waals surface area (Å²) in [4.78, 5) is 11.1. The van der Waals surface area contributed by atoms with Crippen LogP contribution in [0.2, 0.25) is 0 Å². The highest BCUT2D eigenvalue weighted by Gasteiger charge is 2.36. The Morgan fingerprint density at radius 2 is 2.20 bits per heavy atom. The van der Waals surface area contributed by atoms with E-state index in [9.17, 15) is 18.0 Å². The van der Waals surface area contributed by atoms with Crippen LogP contribution in [0.15, 0.2) is 23.3 Å². The van der Waals surface area contributed by atoms with Crippen molar-refractivity contribution in [2.24, 2.45) is 5.10 Å². The van der Waals surface area contributed by atoms with Gasteiger partial charge in [0, 0.05) is 12.2 Å². The minimum Gasteiger partial charge on any atom is -0.490 e. The van der Waals surface area contributed by atoms with Gasteiger partial charge in [0.05, 0.1) is 11.7 Å². The van der Waals surface area contributed by atoms with Crippen molar-refractivity contribution in [1.29, 1.82) is 0 Å². The predicted octanol–water partition coefficient (Wildman–Crippen LogP) is 3.10. The average Bonchev–Trinajstić information content (AvgIpc) is 3.05. The van der Waals surface area contributed by atoms with Gasteiger partial charge in [-0.2, -0.15) is 18.3 Å². The number of nitrogens with zero attached hydrogens (tertiary/aromatic N) is 1. The number of halogens is 3. The highest BCUT2D eigenvalue weighted by molar-refractivity contribution is 6.06. The van der Waals surface area contributed by atoms with E-state index in [2.05, 4.69) is 10.5 Å². The zero-order valence-corrected chi connectivity index (χ0v) is 13.4. The van der Waals surface area contributed by atoms with Crippen molar-refractivity contribution < 1.29 is 32.2 Å². The van der Waals surface area contributed by atoms with Crippen LogP contribution in [0.4, 0.5) is 18.0 Å². The van der Waals surface area contributed by atoms with Gasteiger partial charge in [0.25, 0.3) is 0 Å². The van der Waals surface area contributed by atoms with Gasteiger partial charge in [0.2, 0.25) is 0 Å². The summed E-state index contributed by atoms with van der Waals surface area (Å²) in [5.41, 5.74) is 1.59. The van der Waals surface area contributed by atoms with E-state index in [-0.39, 0.29) is 29.7 Å². The van der Waals surface area contributed by atoms with Crippen molar-refractivity contribution in [1.82, 2.24) is 5.43 Å². The predicted molar refractivity (Wildman–Crippen MR) is 81.5 cm³/mol. The zero-order valence-electron chi connectivity index (χ0n) is 13.4. The molecular formula is C16H17F3N2O4. The second kappa shape index (κ2) is 6.91. The molecule has 2 aliphatic heterocycles. The van der Waals surface area contributed by atoms with E-state index in [4.69, 9.17) is 14.2 Å². The Balaban J connectivity index is 1.86. The molecule has 3 rings (SSSR count). The van der Waals surface area contributed by atoms with Crippen LogP contribution >= 0.6 is 0 Å². The fourth-order valence-electron chi connectivity index (χ4n) is 2.73. The quantitative estimate of drug-likeness (QED) is 0.898. The lowest BCUT2D eigenvalue weighted by Crippen LogP contribution is -2.37. The number of cyclic esters (lactones) is 1. The second-order valence-corrected chi connectivity index (χ2v) is 5.81. The summed E-state index contributed by atoms with van der Waals surface area (Å²) < 4.78 is 55.8. The van der Waals surface area contributed by atoms with Gasteiger partial charge in [0.1, 0.15) is 24.2 Å². The van der Waals surface area contributed by atoms with Crippen molar-refractivity contribution in [2.45, 2.75) is 38.1 Å². The molecule has 25 heavy (non-hydrogen) atoms. The first-order valence-electron chi connectivity index (χ1n) is 7.85. The Kier molecular flexibility index (Phi) is 4.85. The molecule has 0 spiro atoms. The number of rotatable bonds is 4. The Morgan fingerprint density at radius 3 is 2.84 bits per heavy atom. The van der Waals surface area contributed by atoms with Gasteiger partial charge < -0.3 is 14.2 Å². The number of carbonyl (C=O) groups is 1. The first-order chi connectivity index (χ1) is 11.8. The SMILES string of the molecule is C[C@@H]1OC(=O)NN=C1c1ccc(OC[C@H]2CCCO2)c(C(F)(F)F)c1. The Labute approximate surface area is 141 Å². The van der Waals surface area contributed by atoms with Crippen LogP contribution < -0.4 is 10.2 Å². The van der Waals surface area contributed by atoms with Crippen LogP contribution in [0, 0.1) is 0 Å². The van der Waals surface area contributed by atoms with E-state index in [0.717, 1.165) is 18.9 Å². The summed E-state index contributed by atoms with van der Waals surface area (Å²) in [5, 5.41) is 3.79. The van der Waals surface area contributed by atoms with Crippen LogP contribution in [-0.2, 0) is 15.7 Å². The molecule has 0 bridgehead atoms. The molecule has 1 amide bonds. The molecule has 1 N–H and O–H groups in total. The van der Waals surface area contributed by atoms with E-state index >= 15 is 0 Å². The molecule has 6 nitrogen and oxygen atoms in total. The third kappa shape index (κ3) is 4.04. The molecule has 0 aliphatic carbocycles. The van der Waals surface area contributed by atoms with E-state index in [1.54, 1.807) is 0 Å². The maximum absolute atomic E-state index is 13.4. The summed E-state index contributed by atoms with van der Waals surface area (Å²) in [6, 6.07) is 3.65.